The molecule has 2 nitrogen and oxygen atoms in total. The molecule has 0 aromatic heterocycles. The first kappa shape index (κ1) is 11.4. The van der Waals surface area contributed by atoms with Crippen LogP contribution in [0.3, 0.4) is 0 Å². The zero-order valence-corrected chi connectivity index (χ0v) is 10.1. The number of nitrogens with two attached hydrogens (primary N) is 1. The minimum atomic E-state index is 0.490. The normalized spacial score (nSPS) is 39.2. The van der Waals surface area contributed by atoms with E-state index in [-0.39, 0.29) is 0 Å². The molecule has 0 aromatic carbocycles. The molecule has 1 aliphatic heterocycles. The Kier molecular flexibility index (Phi) is 4.04. The van der Waals surface area contributed by atoms with E-state index in [1.807, 2.05) is 0 Å². The zero-order valence-electron chi connectivity index (χ0n) is 10.1. The van der Waals surface area contributed by atoms with Gasteiger partial charge in [-0.2, -0.15) is 0 Å². The largest absolute Gasteiger partial charge is 0.328 e. The molecular weight excluding hydrogens is 184 g/mol. The van der Waals surface area contributed by atoms with E-state index in [0.717, 1.165) is 12.0 Å². The molecule has 2 fully saturated rings. The van der Waals surface area contributed by atoms with Gasteiger partial charge in [-0.3, -0.25) is 0 Å². The summed E-state index contributed by atoms with van der Waals surface area (Å²) in [7, 11) is 0. The Balaban J connectivity index is 1.79. The summed E-state index contributed by atoms with van der Waals surface area (Å²) >= 11 is 0. The van der Waals surface area contributed by atoms with Gasteiger partial charge in [0.2, 0.25) is 0 Å². The predicted molar refractivity (Wildman–Crippen MR) is 64.8 cm³/mol. The molecule has 2 heteroatoms. The maximum atomic E-state index is 6.05. The standard InChI is InChI=1S/C13H26N2/c1-11-5-2-3-8-15(11)10-12-6-4-7-13(14)9-12/h11-13H,2-10,14H2,1H3. The fourth-order valence-corrected chi connectivity index (χ4v) is 3.26. The van der Waals surface area contributed by atoms with Crippen LogP contribution in [0, 0.1) is 5.92 Å². The molecule has 0 aromatic rings. The highest BCUT2D eigenvalue weighted by Gasteiger charge is 2.25. The van der Waals surface area contributed by atoms with Crippen LogP contribution in [-0.2, 0) is 0 Å². The van der Waals surface area contributed by atoms with Gasteiger partial charge in [0.15, 0.2) is 0 Å². The lowest BCUT2D eigenvalue weighted by Crippen LogP contribution is -2.42. The number of likely N-dealkylation sites (tertiary alicyclic amines) is 1. The van der Waals surface area contributed by atoms with Crippen LogP contribution in [0.4, 0.5) is 0 Å². The van der Waals surface area contributed by atoms with Crippen molar-refractivity contribution < 1.29 is 0 Å². The highest BCUT2D eigenvalue weighted by atomic mass is 15.2. The SMILES string of the molecule is CC1CCCCN1CC1CCCC(N)C1. The average molecular weight is 210 g/mol. The summed E-state index contributed by atoms with van der Waals surface area (Å²) in [5, 5.41) is 0. The summed E-state index contributed by atoms with van der Waals surface area (Å²) in [4.78, 5) is 2.70. The number of nitrogens with zero attached hydrogens (tertiary/aromatic N) is 1. The number of piperidine rings is 1. The summed E-state index contributed by atoms with van der Waals surface area (Å²) in [6.45, 7) is 5.03. The Bertz CT molecular complexity index is 193. The summed E-state index contributed by atoms with van der Waals surface area (Å²) in [5.41, 5.74) is 6.05. The van der Waals surface area contributed by atoms with Crippen LogP contribution in [0.1, 0.15) is 51.9 Å². The van der Waals surface area contributed by atoms with E-state index in [4.69, 9.17) is 5.73 Å². The zero-order chi connectivity index (χ0) is 10.7. The second-order valence-electron chi connectivity index (χ2n) is 5.63. The fourth-order valence-electron chi connectivity index (χ4n) is 3.26. The molecule has 15 heavy (non-hydrogen) atoms. The van der Waals surface area contributed by atoms with E-state index in [9.17, 15) is 0 Å². The van der Waals surface area contributed by atoms with Crippen LogP contribution < -0.4 is 5.73 Å². The molecule has 0 spiro atoms. The molecule has 1 aliphatic carbocycles. The molecule has 3 atom stereocenters. The summed E-state index contributed by atoms with van der Waals surface area (Å²) in [6, 6.07) is 1.31. The molecule has 88 valence electrons. The molecule has 1 saturated heterocycles. The second kappa shape index (κ2) is 5.31. The topological polar surface area (TPSA) is 29.3 Å². The van der Waals surface area contributed by atoms with Crippen LogP contribution in [-0.4, -0.2) is 30.1 Å². The second-order valence-corrected chi connectivity index (χ2v) is 5.63. The lowest BCUT2D eigenvalue weighted by Gasteiger charge is -2.38. The van der Waals surface area contributed by atoms with Gasteiger partial charge < -0.3 is 10.6 Å². The summed E-state index contributed by atoms with van der Waals surface area (Å²) in [6.07, 6.45) is 9.53. The van der Waals surface area contributed by atoms with E-state index in [0.29, 0.717) is 6.04 Å². The van der Waals surface area contributed by atoms with Crippen molar-refractivity contribution in [2.24, 2.45) is 11.7 Å². The van der Waals surface area contributed by atoms with Crippen LogP contribution >= 0.6 is 0 Å². The van der Waals surface area contributed by atoms with Crippen molar-refractivity contribution in [1.29, 1.82) is 0 Å². The van der Waals surface area contributed by atoms with Gasteiger partial charge in [-0.1, -0.05) is 12.8 Å². The van der Waals surface area contributed by atoms with E-state index < -0.39 is 0 Å². The Morgan fingerprint density at radius 3 is 2.73 bits per heavy atom. The third-order valence-electron chi connectivity index (χ3n) is 4.26. The van der Waals surface area contributed by atoms with E-state index in [1.165, 1.54) is 58.0 Å². The molecular formula is C13H26N2. The average Bonchev–Trinajstić information content (AvgIpc) is 2.22. The number of rotatable bonds is 2. The van der Waals surface area contributed by atoms with Crippen LogP contribution in [0.2, 0.25) is 0 Å². The Hall–Kier alpha value is -0.0800. The van der Waals surface area contributed by atoms with Crippen molar-refractivity contribution in [3.8, 4) is 0 Å². The Morgan fingerprint density at radius 1 is 1.13 bits per heavy atom. The smallest absolute Gasteiger partial charge is 0.00670 e. The van der Waals surface area contributed by atoms with Crippen LogP contribution in [0.15, 0.2) is 0 Å². The summed E-state index contributed by atoms with van der Waals surface area (Å²) < 4.78 is 0. The lowest BCUT2D eigenvalue weighted by atomic mass is 9.85. The van der Waals surface area contributed by atoms with Crippen molar-refractivity contribution in [3.05, 3.63) is 0 Å². The number of hydrogen-bond donors (Lipinski definition) is 1. The Labute approximate surface area is 94.2 Å². The van der Waals surface area contributed by atoms with Crippen molar-refractivity contribution in [3.63, 3.8) is 0 Å². The Morgan fingerprint density at radius 2 is 2.00 bits per heavy atom. The van der Waals surface area contributed by atoms with Gasteiger partial charge in [0.1, 0.15) is 0 Å². The lowest BCUT2D eigenvalue weighted by molar-refractivity contribution is 0.120. The predicted octanol–water partition coefficient (Wildman–Crippen LogP) is 2.38. The van der Waals surface area contributed by atoms with E-state index in [1.54, 1.807) is 0 Å². The first-order valence-electron chi connectivity index (χ1n) is 6.75. The quantitative estimate of drug-likeness (QED) is 0.758. The van der Waals surface area contributed by atoms with E-state index in [2.05, 4.69) is 11.8 Å². The van der Waals surface area contributed by atoms with E-state index >= 15 is 0 Å². The highest BCUT2D eigenvalue weighted by molar-refractivity contribution is 4.80. The molecule has 0 amide bonds. The van der Waals surface area contributed by atoms with Crippen LogP contribution in [0.25, 0.3) is 0 Å². The third kappa shape index (κ3) is 3.18. The maximum absolute atomic E-state index is 6.05. The van der Waals surface area contributed by atoms with Gasteiger partial charge >= 0.3 is 0 Å². The molecule has 3 unspecified atom stereocenters. The van der Waals surface area contributed by atoms with Crippen molar-refractivity contribution in [2.45, 2.75) is 64.0 Å². The minimum absolute atomic E-state index is 0.490. The van der Waals surface area contributed by atoms with Crippen molar-refractivity contribution in [1.82, 2.24) is 4.90 Å². The van der Waals surface area contributed by atoms with Gasteiger partial charge in [-0.15, -0.1) is 0 Å². The van der Waals surface area contributed by atoms with Gasteiger partial charge in [0.25, 0.3) is 0 Å². The minimum Gasteiger partial charge on any atom is -0.328 e. The maximum Gasteiger partial charge on any atom is 0.00670 e. The van der Waals surface area contributed by atoms with Crippen molar-refractivity contribution >= 4 is 0 Å². The molecule has 2 N–H and O–H groups in total. The number of hydrogen-bond acceptors (Lipinski definition) is 2. The highest BCUT2D eigenvalue weighted by Crippen LogP contribution is 2.26. The third-order valence-corrected chi connectivity index (χ3v) is 4.26. The fraction of sp³-hybridized carbons (Fsp3) is 1.00. The molecule has 1 saturated carbocycles. The van der Waals surface area contributed by atoms with Gasteiger partial charge in [-0.25, -0.2) is 0 Å². The summed E-state index contributed by atoms with van der Waals surface area (Å²) in [5.74, 6) is 0.884. The van der Waals surface area contributed by atoms with Gasteiger partial charge in [0, 0.05) is 18.6 Å². The molecule has 0 radical (unpaired) electrons. The molecule has 2 aliphatic rings. The van der Waals surface area contributed by atoms with Gasteiger partial charge in [-0.05, 0) is 51.5 Å². The molecule has 2 rings (SSSR count). The monoisotopic (exact) mass is 210 g/mol. The molecule has 0 bridgehead atoms. The van der Waals surface area contributed by atoms with Crippen molar-refractivity contribution in [2.75, 3.05) is 13.1 Å². The first-order chi connectivity index (χ1) is 7.25. The molecule has 1 heterocycles. The van der Waals surface area contributed by atoms with Crippen LogP contribution in [0.5, 0.6) is 0 Å². The first-order valence-corrected chi connectivity index (χ1v) is 6.75. The van der Waals surface area contributed by atoms with Gasteiger partial charge in [0.05, 0.1) is 0 Å².